The Kier molecular flexibility index (Phi) is 20.2. The van der Waals surface area contributed by atoms with E-state index in [-0.39, 0.29) is 32.7 Å². The number of unbranched alkanes of at least 4 members (excludes halogenated alkanes) is 3. The molecule has 0 aromatic heterocycles. The maximum Gasteiger partial charge on any atom is 0.488 e. The topological polar surface area (TPSA) is 247 Å². The lowest BCUT2D eigenvalue weighted by Gasteiger charge is -2.18. The number of phosphoric acid groups is 1. The number of nitrogens with one attached hydrogen (secondary N) is 5. The third-order valence-electron chi connectivity index (χ3n) is 6.18. The molecule has 1 aromatic carbocycles. The van der Waals surface area contributed by atoms with Crippen LogP contribution in [0.4, 0.5) is 19.2 Å². The first-order chi connectivity index (χ1) is 22.8. The molecule has 1 aromatic rings. The summed E-state index contributed by atoms with van der Waals surface area (Å²) >= 11 is 0. The summed E-state index contributed by atoms with van der Waals surface area (Å²) in [4.78, 5) is 68.5. The van der Waals surface area contributed by atoms with Crippen molar-refractivity contribution in [3.63, 3.8) is 0 Å². The smallest absolute Gasteiger partial charge is 0.453 e. The predicted molar refractivity (Wildman–Crippen MR) is 168 cm³/mol. The predicted octanol–water partition coefficient (Wildman–Crippen LogP) is 2.46. The minimum absolute atomic E-state index is 0.000913. The van der Waals surface area contributed by atoms with Crippen LogP contribution >= 0.6 is 7.82 Å². The molecule has 1 rings (SSSR count). The van der Waals surface area contributed by atoms with Crippen LogP contribution in [0, 0.1) is 13.8 Å². The third kappa shape index (κ3) is 18.9. The molecular formula is C28H46N5O14P. The van der Waals surface area contributed by atoms with E-state index < -0.39 is 44.3 Å². The van der Waals surface area contributed by atoms with Gasteiger partial charge in [0, 0.05) is 26.7 Å². The molecule has 0 radical (unpaired) electrons. The summed E-state index contributed by atoms with van der Waals surface area (Å²) in [6.07, 6.45) is -1.11. The molecule has 4 amide bonds. The zero-order valence-electron chi connectivity index (χ0n) is 27.7. The van der Waals surface area contributed by atoms with Crippen molar-refractivity contribution >= 4 is 38.2 Å². The van der Waals surface area contributed by atoms with E-state index in [1.54, 1.807) is 26.0 Å². The van der Waals surface area contributed by atoms with E-state index in [1.165, 1.54) is 0 Å². The van der Waals surface area contributed by atoms with E-state index in [2.05, 4.69) is 45.4 Å². The quantitative estimate of drug-likeness (QED) is 0.0268. The number of phosphoric ester groups is 1. The Morgan fingerprint density at radius 1 is 0.771 bits per heavy atom. The number of esters is 1. The van der Waals surface area contributed by atoms with Crippen molar-refractivity contribution in [2.45, 2.75) is 58.7 Å². The summed E-state index contributed by atoms with van der Waals surface area (Å²) in [5.41, 5.74) is 4.34. The Balaban J connectivity index is 2.39. The molecule has 1 atom stereocenters. The van der Waals surface area contributed by atoms with Crippen LogP contribution in [0.1, 0.15) is 48.8 Å². The molecule has 0 heterocycles. The van der Waals surface area contributed by atoms with Crippen molar-refractivity contribution in [2.75, 3.05) is 54.1 Å². The van der Waals surface area contributed by atoms with Gasteiger partial charge in [-0.15, -0.1) is 0 Å². The zero-order chi connectivity index (χ0) is 36.0. The molecule has 1 unspecified atom stereocenters. The maximum atomic E-state index is 12.5. The Morgan fingerprint density at radius 3 is 1.90 bits per heavy atom. The minimum Gasteiger partial charge on any atom is -0.453 e. The molecule has 272 valence electrons. The van der Waals surface area contributed by atoms with Crippen LogP contribution in [0.2, 0.25) is 0 Å². The van der Waals surface area contributed by atoms with Crippen molar-refractivity contribution < 1.29 is 66.3 Å². The van der Waals surface area contributed by atoms with E-state index in [0.29, 0.717) is 48.4 Å². The number of hydrogen-bond acceptors (Lipinski definition) is 14. The van der Waals surface area contributed by atoms with E-state index in [9.17, 15) is 28.5 Å². The number of alkyl carbamates (subject to hydrolysis) is 4. The van der Waals surface area contributed by atoms with Gasteiger partial charge in [-0.25, -0.2) is 23.7 Å². The molecule has 0 saturated carbocycles. The van der Waals surface area contributed by atoms with Crippen LogP contribution in [0.15, 0.2) is 12.1 Å². The molecule has 6 N–H and O–H groups in total. The number of methoxy groups -OCH3 is 2. The van der Waals surface area contributed by atoms with Crippen LogP contribution < -0.4 is 31.5 Å². The van der Waals surface area contributed by atoms with Gasteiger partial charge in [0.2, 0.25) is 0 Å². The number of hydrogen-bond donors (Lipinski definition) is 6. The summed E-state index contributed by atoms with van der Waals surface area (Å²) in [5.74, 6) is -0.280. The van der Waals surface area contributed by atoms with E-state index in [0.717, 1.165) is 34.2 Å². The highest BCUT2D eigenvalue weighted by molar-refractivity contribution is 7.47. The van der Waals surface area contributed by atoms with E-state index in [4.69, 9.17) is 19.1 Å². The van der Waals surface area contributed by atoms with Crippen molar-refractivity contribution in [3.05, 3.63) is 28.8 Å². The van der Waals surface area contributed by atoms with Crippen LogP contribution in [0.5, 0.6) is 5.75 Å². The van der Waals surface area contributed by atoms with Gasteiger partial charge in [0.05, 0.1) is 33.7 Å². The van der Waals surface area contributed by atoms with Crippen molar-refractivity contribution in [1.82, 2.24) is 26.7 Å². The van der Waals surface area contributed by atoms with Crippen LogP contribution in [-0.2, 0) is 44.1 Å². The van der Waals surface area contributed by atoms with Crippen molar-refractivity contribution in [3.8, 4) is 5.75 Å². The summed E-state index contributed by atoms with van der Waals surface area (Å²) in [6.45, 7) is 3.82. The molecule has 0 fully saturated rings. The van der Waals surface area contributed by atoms with E-state index >= 15 is 0 Å². The van der Waals surface area contributed by atoms with Gasteiger partial charge in [-0.3, -0.25) is 9.32 Å². The molecule has 0 bridgehead atoms. The highest BCUT2D eigenvalue weighted by atomic mass is 31.2. The second kappa shape index (κ2) is 23.2. The second-order valence-corrected chi connectivity index (χ2v) is 11.5. The Hall–Kier alpha value is -4.16. The first-order valence-corrected chi connectivity index (χ1v) is 16.4. The van der Waals surface area contributed by atoms with Gasteiger partial charge >= 0.3 is 38.2 Å². The van der Waals surface area contributed by atoms with Crippen LogP contribution in [0.3, 0.4) is 0 Å². The third-order valence-corrected chi connectivity index (χ3v) is 7.00. The van der Waals surface area contributed by atoms with Crippen LogP contribution in [-0.4, -0.2) is 95.4 Å². The number of rotatable bonds is 21. The highest BCUT2D eigenvalue weighted by Gasteiger charge is 2.19. The number of carbonyl (C=O) groups excluding carboxylic acids is 5. The number of ether oxygens (including phenoxy) is 5. The average Bonchev–Trinajstić information content (AvgIpc) is 3.05. The maximum absolute atomic E-state index is 12.5. The minimum atomic E-state index is -4.04. The molecule has 0 spiro atoms. The molecule has 0 aliphatic rings. The van der Waals surface area contributed by atoms with Gasteiger partial charge in [0.25, 0.3) is 0 Å². The Labute approximate surface area is 278 Å². The van der Waals surface area contributed by atoms with Crippen LogP contribution in [0.25, 0.3) is 0 Å². The lowest BCUT2D eigenvalue weighted by Crippen LogP contribution is -2.44. The Bertz CT molecular complexity index is 1210. The number of aryl methyl sites for hydroxylation is 2. The zero-order valence-corrected chi connectivity index (χ0v) is 28.6. The first-order valence-electron chi connectivity index (χ1n) is 14.9. The van der Waals surface area contributed by atoms with Gasteiger partial charge < -0.3 is 49.8 Å². The standard InChI is InChI=1S/C28H46N5O14P/c1-19-14-21(18-44-27(37)29-11-8-6-7-9-12-33-47-48(39,40)43-5)15-20(2)24(19)46-23(34)10-13-30-28(38)45-22(16-31-25(35)41-3)17-32-26(36)42-4/h14-15,22,33H,6-13,16-18H2,1-5H3,(H,29,37)(H,30,38)(H,31,35)(H,32,36)(H,39,40). The summed E-state index contributed by atoms with van der Waals surface area (Å²) in [6, 6.07) is 3.45. The fourth-order valence-corrected chi connectivity index (χ4v) is 4.16. The van der Waals surface area contributed by atoms with Gasteiger partial charge in [0.15, 0.2) is 0 Å². The summed E-state index contributed by atoms with van der Waals surface area (Å²) in [5, 5.41) is 9.79. The number of hydroxylamine groups is 1. The largest absolute Gasteiger partial charge is 0.488 e. The summed E-state index contributed by atoms with van der Waals surface area (Å²) < 4.78 is 44.8. The normalized spacial score (nSPS) is 11.9. The molecular weight excluding hydrogens is 661 g/mol. The lowest BCUT2D eigenvalue weighted by atomic mass is 10.1. The molecule has 48 heavy (non-hydrogen) atoms. The second-order valence-electron chi connectivity index (χ2n) is 10.0. The SMILES string of the molecule is COC(=O)NCC(CNC(=O)OC)OC(=O)NCCC(=O)Oc1c(C)cc(COC(=O)NCCCCCCNOP(=O)(O)OC)cc1C. The number of benzene rings is 1. The van der Waals surface area contributed by atoms with Gasteiger partial charge in [-0.05, 0) is 55.5 Å². The molecule has 19 nitrogen and oxygen atoms in total. The Morgan fingerprint density at radius 2 is 1.33 bits per heavy atom. The monoisotopic (exact) mass is 707 g/mol. The molecule has 0 saturated heterocycles. The molecule has 0 aliphatic carbocycles. The lowest BCUT2D eigenvalue weighted by molar-refractivity contribution is -0.134. The number of carbonyl (C=O) groups is 5. The fraction of sp³-hybridized carbons (Fsp3) is 0.607. The fourth-order valence-electron chi connectivity index (χ4n) is 3.83. The highest BCUT2D eigenvalue weighted by Crippen LogP contribution is 2.40. The average molecular weight is 708 g/mol. The molecule has 0 aliphatic heterocycles. The van der Waals surface area contributed by atoms with Gasteiger partial charge in [-0.2, -0.15) is 10.1 Å². The van der Waals surface area contributed by atoms with Crippen molar-refractivity contribution in [2.24, 2.45) is 0 Å². The summed E-state index contributed by atoms with van der Waals surface area (Å²) in [7, 11) is -0.648. The van der Waals surface area contributed by atoms with E-state index in [1.807, 2.05) is 0 Å². The van der Waals surface area contributed by atoms with Gasteiger partial charge in [-0.1, -0.05) is 12.8 Å². The number of amides is 4. The van der Waals surface area contributed by atoms with Crippen molar-refractivity contribution in [1.29, 1.82) is 0 Å². The first kappa shape index (κ1) is 41.9. The molecule has 20 heteroatoms. The van der Waals surface area contributed by atoms with Gasteiger partial charge in [0.1, 0.15) is 18.5 Å².